The molecule has 22 heavy (non-hydrogen) atoms. The van der Waals surface area contributed by atoms with Gasteiger partial charge in [-0.25, -0.2) is 0 Å². The minimum atomic E-state index is 0.340. The van der Waals surface area contributed by atoms with E-state index >= 15 is 0 Å². The zero-order chi connectivity index (χ0) is 15.4. The van der Waals surface area contributed by atoms with E-state index in [-0.39, 0.29) is 0 Å². The lowest BCUT2D eigenvalue weighted by Crippen LogP contribution is -2.40. The molecule has 2 atom stereocenters. The molecule has 0 aliphatic carbocycles. The van der Waals surface area contributed by atoms with Gasteiger partial charge in [0.15, 0.2) is 0 Å². The van der Waals surface area contributed by atoms with Gasteiger partial charge in [0.1, 0.15) is 11.9 Å². The van der Waals surface area contributed by atoms with Gasteiger partial charge in [0.2, 0.25) is 0 Å². The van der Waals surface area contributed by atoms with Gasteiger partial charge in [0.05, 0.1) is 12.2 Å². The number of ether oxygens (including phenoxy) is 1. The summed E-state index contributed by atoms with van der Waals surface area (Å²) < 4.78 is 6.15. The van der Waals surface area contributed by atoms with Crippen molar-refractivity contribution in [3.05, 3.63) is 23.8 Å². The topological polar surface area (TPSA) is 24.5 Å². The summed E-state index contributed by atoms with van der Waals surface area (Å²) in [7, 11) is 0. The number of benzene rings is 1. The van der Waals surface area contributed by atoms with Crippen LogP contribution in [0.4, 0.5) is 5.69 Å². The Morgan fingerprint density at radius 3 is 2.95 bits per heavy atom. The molecule has 1 aromatic rings. The van der Waals surface area contributed by atoms with Crippen LogP contribution in [-0.4, -0.2) is 32.3 Å². The molecule has 1 fully saturated rings. The summed E-state index contributed by atoms with van der Waals surface area (Å²) in [5, 5.41) is 3.52. The lowest BCUT2D eigenvalue weighted by Gasteiger charge is -2.36. The summed E-state index contributed by atoms with van der Waals surface area (Å²) >= 11 is 0. The predicted molar refractivity (Wildman–Crippen MR) is 93.0 cm³/mol. The number of fused-ring (bicyclic) bond motifs is 1. The van der Waals surface area contributed by atoms with Crippen LogP contribution in [-0.2, 0) is 6.42 Å². The largest absolute Gasteiger partial charge is 0.486 e. The van der Waals surface area contributed by atoms with Gasteiger partial charge in [-0.2, -0.15) is 0 Å². The van der Waals surface area contributed by atoms with E-state index in [2.05, 4.69) is 42.3 Å². The molecule has 0 amide bonds. The molecule has 1 aromatic carbocycles. The normalized spacial score (nSPS) is 24.7. The zero-order valence-corrected chi connectivity index (χ0v) is 14.1. The Morgan fingerprint density at radius 2 is 2.23 bits per heavy atom. The van der Waals surface area contributed by atoms with E-state index in [9.17, 15) is 0 Å². The monoisotopic (exact) mass is 302 g/mol. The molecule has 2 unspecified atom stereocenters. The van der Waals surface area contributed by atoms with Crippen LogP contribution >= 0.6 is 0 Å². The van der Waals surface area contributed by atoms with Crippen molar-refractivity contribution in [1.29, 1.82) is 0 Å². The lowest BCUT2D eigenvalue weighted by atomic mass is 9.92. The Labute approximate surface area is 135 Å². The first kappa shape index (κ1) is 15.7. The van der Waals surface area contributed by atoms with E-state index in [4.69, 9.17) is 4.74 Å². The third-order valence-electron chi connectivity index (χ3n) is 4.95. The molecule has 3 rings (SSSR count). The summed E-state index contributed by atoms with van der Waals surface area (Å²) in [6.45, 7) is 8.99. The number of nitrogens with one attached hydrogen (secondary N) is 1. The average Bonchev–Trinajstić information content (AvgIpc) is 2.56. The SMILES string of the molecule is CCCN1CC(CC)Oc2ccc(CC3CCCNC3)cc21. The summed E-state index contributed by atoms with van der Waals surface area (Å²) in [4.78, 5) is 2.52. The van der Waals surface area contributed by atoms with Crippen LogP contribution in [0.15, 0.2) is 18.2 Å². The van der Waals surface area contributed by atoms with Crippen LogP contribution < -0.4 is 15.0 Å². The van der Waals surface area contributed by atoms with E-state index < -0.39 is 0 Å². The molecule has 0 saturated carbocycles. The number of nitrogens with zero attached hydrogens (tertiary/aromatic N) is 1. The Hall–Kier alpha value is -1.22. The molecule has 1 N–H and O–H groups in total. The number of piperidine rings is 1. The van der Waals surface area contributed by atoms with Crippen LogP contribution in [0.5, 0.6) is 5.75 Å². The second-order valence-corrected chi connectivity index (χ2v) is 6.81. The molecular weight excluding hydrogens is 272 g/mol. The van der Waals surface area contributed by atoms with Gasteiger partial charge in [-0.1, -0.05) is 19.9 Å². The molecule has 0 spiro atoms. The molecular formula is C19H30N2O. The lowest BCUT2D eigenvalue weighted by molar-refractivity contribution is 0.189. The fourth-order valence-corrected chi connectivity index (χ4v) is 3.72. The van der Waals surface area contributed by atoms with Gasteiger partial charge in [-0.15, -0.1) is 0 Å². The van der Waals surface area contributed by atoms with Gasteiger partial charge in [-0.05, 0) is 68.8 Å². The number of anilines is 1. The molecule has 2 heterocycles. The van der Waals surface area contributed by atoms with E-state index in [1.165, 1.54) is 50.0 Å². The van der Waals surface area contributed by atoms with Crippen molar-refractivity contribution in [2.24, 2.45) is 5.92 Å². The molecule has 122 valence electrons. The van der Waals surface area contributed by atoms with Gasteiger partial charge in [0, 0.05) is 6.54 Å². The van der Waals surface area contributed by atoms with Crippen molar-refractivity contribution < 1.29 is 4.74 Å². The van der Waals surface area contributed by atoms with Crippen molar-refractivity contribution in [2.75, 3.05) is 31.1 Å². The fourth-order valence-electron chi connectivity index (χ4n) is 3.72. The Bertz CT molecular complexity index is 482. The second-order valence-electron chi connectivity index (χ2n) is 6.81. The number of hydrogen-bond acceptors (Lipinski definition) is 3. The average molecular weight is 302 g/mol. The highest BCUT2D eigenvalue weighted by Gasteiger charge is 2.24. The minimum absolute atomic E-state index is 0.340. The fraction of sp³-hybridized carbons (Fsp3) is 0.684. The second kappa shape index (κ2) is 7.36. The Balaban J connectivity index is 1.76. The maximum absolute atomic E-state index is 6.15. The van der Waals surface area contributed by atoms with E-state index in [0.29, 0.717) is 6.10 Å². The molecule has 0 bridgehead atoms. The molecule has 2 aliphatic heterocycles. The van der Waals surface area contributed by atoms with Crippen LogP contribution in [0, 0.1) is 5.92 Å². The van der Waals surface area contributed by atoms with Crippen LogP contribution in [0.25, 0.3) is 0 Å². The molecule has 1 saturated heterocycles. The summed E-state index contributed by atoms with van der Waals surface area (Å²) in [6, 6.07) is 6.85. The summed E-state index contributed by atoms with van der Waals surface area (Å²) in [5.74, 6) is 1.87. The van der Waals surface area contributed by atoms with Crippen molar-refractivity contribution in [3.63, 3.8) is 0 Å². The minimum Gasteiger partial charge on any atom is -0.486 e. The van der Waals surface area contributed by atoms with Gasteiger partial charge in [0.25, 0.3) is 0 Å². The van der Waals surface area contributed by atoms with Crippen molar-refractivity contribution in [3.8, 4) is 5.75 Å². The molecule has 2 aliphatic rings. The summed E-state index contributed by atoms with van der Waals surface area (Å²) in [5.41, 5.74) is 2.78. The first-order valence-electron chi connectivity index (χ1n) is 9.05. The smallest absolute Gasteiger partial charge is 0.143 e. The number of rotatable bonds is 5. The quantitative estimate of drug-likeness (QED) is 0.899. The van der Waals surface area contributed by atoms with Gasteiger partial charge >= 0.3 is 0 Å². The zero-order valence-electron chi connectivity index (χ0n) is 14.1. The maximum atomic E-state index is 6.15. The van der Waals surface area contributed by atoms with E-state index in [1.54, 1.807) is 0 Å². The van der Waals surface area contributed by atoms with E-state index in [0.717, 1.165) is 31.2 Å². The van der Waals surface area contributed by atoms with Crippen LogP contribution in [0.2, 0.25) is 0 Å². The van der Waals surface area contributed by atoms with Crippen LogP contribution in [0.1, 0.15) is 45.1 Å². The molecule has 0 radical (unpaired) electrons. The third-order valence-corrected chi connectivity index (χ3v) is 4.95. The highest BCUT2D eigenvalue weighted by atomic mass is 16.5. The molecule has 3 heteroatoms. The van der Waals surface area contributed by atoms with Crippen molar-refractivity contribution in [2.45, 2.75) is 52.1 Å². The van der Waals surface area contributed by atoms with Gasteiger partial charge < -0.3 is 15.0 Å². The van der Waals surface area contributed by atoms with Crippen molar-refractivity contribution >= 4 is 5.69 Å². The number of hydrogen-bond donors (Lipinski definition) is 1. The highest BCUT2D eigenvalue weighted by Crippen LogP contribution is 2.35. The van der Waals surface area contributed by atoms with E-state index in [1.807, 2.05) is 0 Å². The maximum Gasteiger partial charge on any atom is 0.143 e. The van der Waals surface area contributed by atoms with Gasteiger partial charge in [-0.3, -0.25) is 0 Å². The first-order chi connectivity index (χ1) is 10.8. The Kier molecular flexibility index (Phi) is 5.24. The Morgan fingerprint density at radius 1 is 1.32 bits per heavy atom. The summed E-state index contributed by atoms with van der Waals surface area (Å²) in [6.07, 6.45) is 6.47. The predicted octanol–water partition coefficient (Wildman–Crippen LogP) is 3.62. The standard InChI is InChI=1S/C19H30N2O/c1-3-10-21-14-17(4-2)22-19-8-7-15(12-18(19)21)11-16-6-5-9-20-13-16/h7-8,12,16-17,20H,3-6,9-11,13-14H2,1-2H3. The van der Waals surface area contributed by atoms with Crippen LogP contribution in [0.3, 0.4) is 0 Å². The molecule has 0 aromatic heterocycles. The first-order valence-corrected chi connectivity index (χ1v) is 9.05. The van der Waals surface area contributed by atoms with Crippen molar-refractivity contribution in [1.82, 2.24) is 5.32 Å². The third kappa shape index (κ3) is 3.57. The highest BCUT2D eigenvalue weighted by molar-refractivity contribution is 5.61. The molecule has 3 nitrogen and oxygen atoms in total.